The number of nitrogens with one attached hydrogen (secondary N) is 2. The molecule has 2 atom stereocenters. The first-order chi connectivity index (χ1) is 12.2. The van der Waals surface area contributed by atoms with Gasteiger partial charge >= 0.3 is 6.03 Å². The van der Waals surface area contributed by atoms with E-state index in [1.807, 2.05) is 24.3 Å². The van der Waals surface area contributed by atoms with Crippen LogP contribution in [-0.4, -0.2) is 30.5 Å². The second kappa shape index (κ2) is 6.64. The Morgan fingerprint density at radius 2 is 1.88 bits per heavy atom. The zero-order valence-electron chi connectivity index (χ0n) is 13.7. The maximum absolute atomic E-state index is 12.4. The van der Waals surface area contributed by atoms with Gasteiger partial charge in [-0.3, -0.25) is 0 Å². The summed E-state index contributed by atoms with van der Waals surface area (Å²) in [4.78, 5) is 12.4. The Balaban J connectivity index is 1.45. The number of anilines is 1. The van der Waals surface area contributed by atoms with E-state index in [9.17, 15) is 9.90 Å². The molecule has 25 heavy (non-hydrogen) atoms. The van der Waals surface area contributed by atoms with Gasteiger partial charge in [-0.25, -0.2) is 4.79 Å². The number of hydrogen-bond acceptors (Lipinski definition) is 4. The van der Waals surface area contributed by atoms with E-state index in [2.05, 4.69) is 10.6 Å². The lowest BCUT2D eigenvalue weighted by Gasteiger charge is -2.18. The summed E-state index contributed by atoms with van der Waals surface area (Å²) >= 11 is 0. The number of rotatable bonds is 2. The summed E-state index contributed by atoms with van der Waals surface area (Å²) in [6, 6.07) is 12.3. The number of benzene rings is 2. The van der Waals surface area contributed by atoms with Gasteiger partial charge in [-0.2, -0.15) is 0 Å². The van der Waals surface area contributed by atoms with Crippen LogP contribution in [0, 0.1) is 0 Å². The van der Waals surface area contributed by atoms with Crippen LogP contribution in [0.2, 0.25) is 0 Å². The highest BCUT2D eigenvalue weighted by Gasteiger charge is 2.31. The van der Waals surface area contributed by atoms with Gasteiger partial charge in [0.05, 0.1) is 25.4 Å². The first-order valence-corrected chi connectivity index (χ1v) is 8.44. The summed E-state index contributed by atoms with van der Waals surface area (Å²) in [6.07, 6.45) is 0.758. The number of ether oxygens (including phenoxy) is 2. The minimum atomic E-state index is -0.619. The summed E-state index contributed by atoms with van der Waals surface area (Å²) in [6.45, 7) is 1.22. The molecule has 0 bridgehead atoms. The Bertz CT molecular complexity index is 793. The zero-order valence-corrected chi connectivity index (χ0v) is 13.7. The van der Waals surface area contributed by atoms with Crippen LogP contribution < -0.4 is 20.1 Å². The van der Waals surface area contributed by atoms with Crippen LogP contribution in [-0.2, 0) is 6.42 Å². The molecule has 0 saturated heterocycles. The summed E-state index contributed by atoms with van der Waals surface area (Å²) in [7, 11) is 0. The minimum Gasteiger partial charge on any atom is -0.490 e. The van der Waals surface area contributed by atoms with Crippen molar-refractivity contribution >= 4 is 11.7 Å². The highest BCUT2D eigenvalue weighted by molar-refractivity contribution is 5.90. The van der Waals surface area contributed by atoms with Gasteiger partial charge in [0, 0.05) is 24.6 Å². The van der Waals surface area contributed by atoms with Crippen molar-refractivity contribution in [3.05, 3.63) is 53.6 Å². The van der Waals surface area contributed by atoms with Crippen molar-refractivity contribution in [3.8, 4) is 11.5 Å². The molecule has 1 heterocycles. The standard InChI is InChI=1S/C19H20N2O4/c22-15-10-12-4-1-2-5-14(12)18(15)21-19(23)20-13-6-7-16-17(11-13)25-9-3-8-24-16/h1-2,4-7,11,15,18,22H,3,8-10H2,(H2,20,21,23)/t15-,18+/m0/s1. The van der Waals surface area contributed by atoms with Gasteiger partial charge in [-0.05, 0) is 23.3 Å². The largest absolute Gasteiger partial charge is 0.490 e. The van der Waals surface area contributed by atoms with Crippen molar-refractivity contribution in [1.82, 2.24) is 5.32 Å². The average molecular weight is 340 g/mol. The normalized spacial score (nSPS) is 21.2. The number of aliphatic hydroxyl groups is 1. The van der Waals surface area contributed by atoms with Crippen LogP contribution in [0.1, 0.15) is 23.6 Å². The fraction of sp³-hybridized carbons (Fsp3) is 0.316. The van der Waals surface area contributed by atoms with Gasteiger partial charge in [0.2, 0.25) is 0 Å². The quantitative estimate of drug-likeness (QED) is 0.785. The maximum atomic E-state index is 12.4. The van der Waals surface area contributed by atoms with E-state index in [0.29, 0.717) is 36.8 Å². The molecule has 2 aliphatic rings. The summed E-state index contributed by atoms with van der Waals surface area (Å²) in [5.41, 5.74) is 2.64. The molecule has 0 spiro atoms. The van der Waals surface area contributed by atoms with E-state index < -0.39 is 12.1 Å². The molecule has 0 fully saturated rings. The lowest BCUT2D eigenvalue weighted by Crippen LogP contribution is -2.36. The van der Waals surface area contributed by atoms with Crippen molar-refractivity contribution < 1.29 is 19.4 Å². The van der Waals surface area contributed by atoms with Gasteiger partial charge in [-0.15, -0.1) is 0 Å². The van der Waals surface area contributed by atoms with Crippen LogP contribution in [0.5, 0.6) is 11.5 Å². The third-order valence-electron chi connectivity index (χ3n) is 4.50. The monoisotopic (exact) mass is 340 g/mol. The van der Waals surface area contributed by atoms with E-state index in [1.54, 1.807) is 18.2 Å². The van der Waals surface area contributed by atoms with Gasteiger partial charge < -0.3 is 25.2 Å². The molecule has 0 unspecified atom stereocenters. The number of amides is 2. The predicted molar refractivity (Wildman–Crippen MR) is 93.1 cm³/mol. The molecule has 2 aromatic rings. The molecule has 0 radical (unpaired) electrons. The highest BCUT2D eigenvalue weighted by atomic mass is 16.5. The van der Waals surface area contributed by atoms with Crippen LogP contribution in [0.4, 0.5) is 10.5 Å². The number of fused-ring (bicyclic) bond motifs is 2. The molecule has 4 rings (SSSR count). The molecule has 6 heteroatoms. The molecule has 0 saturated carbocycles. The van der Waals surface area contributed by atoms with Crippen LogP contribution >= 0.6 is 0 Å². The Labute approximate surface area is 145 Å². The second-order valence-corrected chi connectivity index (χ2v) is 6.26. The molecule has 1 aliphatic carbocycles. The Kier molecular flexibility index (Phi) is 4.19. The fourth-order valence-corrected chi connectivity index (χ4v) is 3.30. The molecule has 0 aromatic heterocycles. The van der Waals surface area contributed by atoms with E-state index in [1.165, 1.54) is 0 Å². The zero-order chi connectivity index (χ0) is 17.2. The Hall–Kier alpha value is -2.73. The van der Waals surface area contributed by atoms with Crippen molar-refractivity contribution in [2.24, 2.45) is 0 Å². The maximum Gasteiger partial charge on any atom is 0.319 e. The van der Waals surface area contributed by atoms with E-state index >= 15 is 0 Å². The average Bonchev–Trinajstić information content (AvgIpc) is 2.78. The molecule has 2 amide bonds. The second-order valence-electron chi connectivity index (χ2n) is 6.26. The topological polar surface area (TPSA) is 79.8 Å². The van der Waals surface area contributed by atoms with E-state index in [4.69, 9.17) is 9.47 Å². The first kappa shape index (κ1) is 15.8. The predicted octanol–water partition coefficient (Wildman–Crippen LogP) is 2.63. The van der Waals surface area contributed by atoms with Gasteiger partial charge in [0.25, 0.3) is 0 Å². The fourth-order valence-electron chi connectivity index (χ4n) is 3.30. The van der Waals surface area contributed by atoms with Gasteiger partial charge in [0.15, 0.2) is 11.5 Å². The summed E-state index contributed by atoms with van der Waals surface area (Å²) in [5.74, 6) is 1.31. The molecular formula is C19H20N2O4. The number of carbonyl (C=O) groups is 1. The summed E-state index contributed by atoms with van der Waals surface area (Å²) in [5, 5.41) is 15.9. The molecule has 3 N–H and O–H groups in total. The van der Waals surface area contributed by atoms with E-state index in [-0.39, 0.29) is 6.03 Å². The van der Waals surface area contributed by atoms with E-state index in [0.717, 1.165) is 17.5 Å². The van der Waals surface area contributed by atoms with Gasteiger partial charge in [0.1, 0.15) is 0 Å². The highest BCUT2D eigenvalue weighted by Crippen LogP contribution is 2.33. The Morgan fingerprint density at radius 3 is 2.76 bits per heavy atom. The molecule has 6 nitrogen and oxygen atoms in total. The third-order valence-corrected chi connectivity index (χ3v) is 4.50. The molecule has 130 valence electrons. The minimum absolute atomic E-state index is 0.366. The van der Waals surface area contributed by atoms with Crippen LogP contribution in [0.3, 0.4) is 0 Å². The summed E-state index contributed by atoms with van der Waals surface area (Å²) < 4.78 is 11.2. The lowest BCUT2D eigenvalue weighted by molar-refractivity contribution is 0.144. The number of urea groups is 1. The van der Waals surface area contributed by atoms with Crippen molar-refractivity contribution in [2.45, 2.75) is 25.0 Å². The number of hydrogen-bond donors (Lipinski definition) is 3. The molecular weight excluding hydrogens is 320 g/mol. The van der Waals surface area contributed by atoms with Crippen molar-refractivity contribution in [2.75, 3.05) is 18.5 Å². The third kappa shape index (κ3) is 3.25. The van der Waals surface area contributed by atoms with Crippen molar-refractivity contribution in [1.29, 1.82) is 0 Å². The van der Waals surface area contributed by atoms with Crippen LogP contribution in [0.15, 0.2) is 42.5 Å². The molecule has 2 aromatic carbocycles. The SMILES string of the molecule is O=C(Nc1ccc2c(c1)OCCCO2)N[C@@H]1c2ccccc2C[C@@H]1O. The van der Waals surface area contributed by atoms with Crippen LogP contribution in [0.25, 0.3) is 0 Å². The van der Waals surface area contributed by atoms with Crippen molar-refractivity contribution in [3.63, 3.8) is 0 Å². The Morgan fingerprint density at radius 1 is 1.08 bits per heavy atom. The first-order valence-electron chi connectivity index (χ1n) is 8.44. The smallest absolute Gasteiger partial charge is 0.319 e. The number of aliphatic hydroxyl groups excluding tert-OH is 1. The molecule has 1 aliphatic heterocycles. The lowest BCUT2D eigenvalue weighted by atomic mass is 10.1. The number of carbonyl (C=O) groups excluding carboxylic acids is 1. The van der Waals surface area contributed by atoms with Gasteiger partial charge in [-0.1, -0.05) is 24.3 Å².